The third-order valence-corrected chi connectivity index (χ3v) is 4.60. The molecule has 2 aromatic carbocycles. The Morgan fingerprint density at radius 3 is 2.41 bits per heavy atom. The first-order valence-corrected chi connectivity index (χ1v) is 7.50. The zero-order valence-corrected chi connectivity index (χ0v) is 13.4. The Labute approximate surface area is 138 Å². The van der Waals surface area contributed by atoms with Gasteiger partial charge in [-0.15, -0.1) is 0 Å². The number of nitrogens with two attached hydrogens (primary N) is 1. The molecule has 0 saturated heterocycles. The molecule has 0 radical (unpaired) electrons. The summed E-state index contributed by atoms with van der Waals surface area (Å²) in [5.41, 5.74) is 7.94. The van der Waals surface area contributed by atoms with Crippen LogP contribution in [0.2, 0.25) is 0 Å². The van der Waals surface area contributed by atoms with Gasteiger partial charge in [-0.05, 0) is 23.6 Å². The van der Waals surface area contributed by atoms with Crippen LogP contribution in [-0.4, -0.2) is 10.5 Å². The van der Waals surface area contributed by atoms with E-state index < -0.39 is 10.2 Å². The Hall–Kier alpha value is -1.97. The van der Waals surface area contributed by atoms with Gasteiger partial charge in [-0.1, -0.05) is 59.6 Å². The highest BCUT2D eigenvalue weighted by molar-refractivity contribution is 6.50. The first kappa shape index (κ1) is 14.9. The van der Waals surface area contributed by atoms with Crippen LogP contribution in [-0.2, 0) is 11.4 Å². The van der Waals surface area contributed by atoms with Gasteiger partial charge in [0.1, 0.15) is 0 Å². The van der Waals surface area contributed by atoms with Crippen molar-refractivity contribution in [1.29, 1.82) is 0 Å². The van der Waals surface area contributed by atoms with Crippen LogP contribution in [0, 0.1) is 0 Å². The minimum Gasteiger partial charge on any atom is -0.366 e. The molecule has 0 unspecified atom stereocenters. The highest BCUT2D eigenvalue weighted by Gasteiger charge is 2.35. The number of aromatic nitrogens is 1. The quantitative estimate of drug-likeness (QED) is 0.725. The summed E-state index contributed by atoms with van der Waals surface area (Å²) in [6, 6.07) is 16.7. The van der Waals surface area contributed by atoms with E-state index in [4.69, 9.17) is 28.9 Å². The molecule has 112 valence electrons. The minimum absolute atomic E-state index is 0.317. The predicted octanol–water partition coefficient (Wildman–Crippen LogP) is 3.96. The van der Waals surface area contributed by atoms with Crippen molar-refractivity contribution in [2.45, 2.75) is 4.33 Å². The third kappa shape index (κ3) is 2.27. The van der Waals surface area contributed by atoms with Gasteiger partial charge >= 0.3 is 0 Å². The Balaban J connectivity index is 2.25. The van der Waals surface area contributed by atoms with E-state index in [9.17, 15) is 4.79 Å². The molecule has 2 N–H and O–H groups in total. The number of hydrogen-bond acceptors (Lipinski definition) is 1. The number of fused-ring (bicyclic) bond motifs is 1. The van der Waals surface area contributed by atoms with Crippen molar-refractivity contribution < 1.29 is 4.79 Å². The number of nitrogens with zero attached hydrogens (tertiary/aromatic N) is 1. The number of carbonyl (C=O) groups excluding carboxylic acids is 1. The average molecular weight is 333 g/mol. The van der Waals surface area contributed by atoms with Crippen LogP contribution in [0.4, 0.5) is 0 Å². The Bertz CT molecular complexity index is 868. The minimum atomic E-state index is -1.38. The molecule has 3 rings (SSSR count). The summed E-state index contributed by atoms with van der Waals surface area (Å²) in [5.74, 6) is -0.556. The summed E-state index contributed by atoms with van der Waals surface area (Å²) >= 11 is 13.3. The standard InChI is InChI=1S/C17H14Cl2N2O/c1-21-14-9-5-2-6-11(14)10-15(21)17(18,19)13-8-4-3-7-12(13)16(20)22/h2-10H,1H3,(H2,20,22). The number of amides is 1. The molecule has 0 atom stereocenters. The lowest BCUT2D eigenvalue weighted by molar-refractivity contribution is 0.0999. The van der Waals surface area contributed by atoms with Gasteiger partial charge in [0.15, 0.2) is 4.33 Å². The first-order chi connectivity index (χ1) is 10.4. The number of hydrogen-bond donors (Lipinski definition) is 1. The van der Waals surface area contributed by atoms with Crippen LogP contribution in [0.25, 0.3) is 10.9 Å². The number of rotatable bonds is 3. The maximum absolute atomic E-state index is 11.7. The molecule has 1 amide bonds. The third-order valence-electron chi connectivity index (χ3n) is 3.80. The molecule has 0 aliphatic rings. The molecule has 1 aromatic heterocycles. The fourth-order valence-corrected chi connectivity index (χ4v) is 3.39. The zero-order valence-electron chi connectivity index (χ0n) is 11.9. The van der Waals surface area contributed by atoms with Gasteiger partial charge in [-0.2, -0.15) is 0 Å². The second kappa shape index (κ2) is 5.34. The van der Waals surface area contributed by atoms with Gasteiger partial charge in [0.2, 0.25) is 5.91 Å². The van der Waals surface area contributed by atoms with Crippen molar-refractivity contribution in [2.24, 2.45) is 12.8 Å². The summed E-state index contributed by atoms with van der Waals surface area (Å²) in [4.78, 5) is 11.7. The lowest BCUT2D eigenvalue weighted by Gasteiger charge is -2.23. The highest BCUT2D eigenvalue weighted by Crippen LogP contribution is 2.43. The summed E-state index contributed by atoms with van der Waals surface area (Å²) in [5, 5.41) is 1.03. The molecule has 0 aliphatic carbocycles. The topological polar surface area (TPSA) is 48.0 Å². The monoisotopic (exact) mass is 332 g/mol. The predicted molar refractivity (Wildman–Crippen MR) is 90.4 cm³/mol. The van der Waals surface area contributed by atoms with E-state index in [1.807, 2.05) is 41.9 Å². The van der Waals surface area contributed by atoms with Crippen LogP contribution in [0.5, 0.6) is 0 Å². The maximum atomic E-state index is 11.7. The normalized spacial score (nSPS) is 11.8. The van der Waals surface area contributed by atoms with Crippen LogP contribution >= 0.6 is 23.2 Å². The molecule has 0 saturated carbocycles. The Kier molecular flexibility index (Phi) is 3.63. The van der Waals surface area contributed by atoms with E-state index in [2.05, 4.69) is 0 Å². The van der Waals surface area contributed by atoms with E-state index in [0.29, 0.717) is 16.8 Å². The summed E-state index contributed by atoms with van der Waals surface area (Å²) in [7, 11) is 1.89. The van der Waals surface area contributed by atoms with Crippen molar-refractivity contribution in [1.82, 2.24) is 4.57 Å². The first-order valence-electron chi connectivity index (χ1n) is 6.75. The molecule has 3 aromatic rings. The van der Waals surface area contributed by atoms with Crippen molar-refractivity contribution in [3.05, 3.63) is 71.4 Å². The molecule has 0 bridgehead atoms. The van der Waals surface area contributed by atoms with Gasteiger partial charge < -0.3 is 10.3 Å². The number of aryl methyl sites for hydroxylation is 1. The van der Waals surface area contributed by atoms with E-state index in [1.54, 1.807) is 24.3 Å². The second-order valence-corrected chi connectivity index (χ2v) is 6.46. The summed E-state index contributed by atoms with van der Waals surface area (Å²) in [6.07, 6.45) is 0. The number of benzene rings is 2. The zero-order chi connectivity index (χ0) is 15.9. The van der Waals surface area contributed by atoms with Crippen LogP contribution in [0.15, 0.2) is 54.6 Å². The lowest BCUT2D eigenvalue weighted by Crippen LogP contribution is -2.23. The molecule has 22 heavy (non-hydrogen) atoms. The highest BCUT2D eigenvalue weighted by atomic mass is 35.5. The molecule has 5 heteroatoms. The Morgan fingerprint density at radius 1 is 1.09 bits per heavy atom. The van der Waals surface area contributed by atoms with Crippen molar-refractivity contribution in [3.8, 4) is 0 Å². The molecule has 1 heterocycles. The van der Waals surface area contributed by atoms with Crippen molar-refractivity contribution in [3.63, 3.8) is 0 Å². The van der Waals surface area contributed by atoms with Crippen molar-refractivity contribution >= 4 is 40.0 Å². The van der Waals surface area contributed by atoms with Gasteiger partial charge in [-0.3, -0.25) is 4.79 Å². The lowest BCUT2D eigenvalue weighted by atomic mass is 10.0. The smallest absolute Gasteiger partial charge is 0.249 e. The van der Waals surface area contributed by atoms with Crippen LogP contribution < -0.4 is 5.73 Å². The number of halogens is 2. The summed E-state index contributed by atoms with van der Waals surface area (Å²) < 4.78 is 0.548. The number of carbonyl (C=O) groups is 1. The summed E-state index contributed by atoms with van der Waals surface area (Å²) in [6.45, 7) is 0. The number of alkyl halides is 2. The van der Waals surface area contributed by atoms with Gasteiger partial charge in [0.05, 0.1) is 5.69 Å². The Morgan fingerprint density at radius 2 is 1.73 bits per heavy atom. The average Bonchev–Trinajstić information content (AvgIpc) is 2.85. The molecular formula is C17H14Cl2N2O. The SMILES string of the molecule is Cn1c(C(Cl)(Cl)c2ccccc2C(N)=O)cc2ccccc21. The van der Waals surface area contributed by atoms with E-state index >= 15 is 0 Å². The molecule has 3 nitrogen and oxygen atoms in total. The van der Waals surface area contributed by atoms with E-state index in [-0.39, 0.29) is 0 Å². The van der Waals surface area contributed by atoms with E-state index in [0.717, 1.165) is 10.9 Å². The largest absolute Gasteiger partial charge is 0.366 e. The van der Waals surface area contributed by atoms with Crippen LogP contribution in [0.3, 0.4) is 0 Å². The van der Waals surface area contributed by atoms with E-state index in [1.165, 1.54) is 0 Å². The van der Waals surface area contributed by atoms with Crippen LogP contribution in [0.1, 0.15) is 21.6 Å². The molecule has 0 spiro atoms. The molecule has 0 aliphatic heterocycles. The number of para-hydroxylation sites is 1. The number of primary amides is 1. The van der Waals surface area contributed by atoms with Gasteiger partial charge in [-0.25, -0.2) is 0 Å². The maximum Gasteiger partial charge on any atom is 0.249 e. The fourth-order valence-electron chi connectivity index (χ4n) is 2.70. The van der Waals surface area contributed by atoms with Gasteiger partial charge in [0, 0.05) is 23.7 Å². The molecule has 0 fully saturated rings. The molecular weight excluding hydrogens is 319 g/mol. The fraction of sp³-hybridized carbons (Fsp3) is 0.118. The second-order valence-electron chi connectivity index (χ2n) is 5.13. The van der Waals surface area contributed by atoms with Crippen molar-refractivity contribution in [2.75, 3.05) is 0 Å². The van der Waals surface area contributed by atoms with Gasteiger partial charge in [0.25, 0.3) is 0 Å².